The van der Waals surface area contributed by atoms with Gasteiger partial charge >= 0.3 is 0 Å². The zero-order chi connectivity index (χ0) is 14.5. The molecule has 0 atom stereocenters. The first kappa shape index (κ1) is 15.3. The Morgan fingerprint density at radius 1 is 1.42 bits per heavy atom. The van der Waals surface area contributed by atoms with Crippen LogP contribution in [0.3, 0.4) is 0 Å². The van der Waals surface area contributed by atoms with Gasteiger partial charge in [0.2, 0.25) is 0 Å². The van der Waals surface area contributed by atoms with Crippen molar-refractivity contribution in [3.8, 4) is 5.75 Å². The molecule has 0 aliphatic carbocycles. The maximum absolute atomic E-state index is 8.83. The maximum Gasteiger partial charge on any atom is 0.144 e. The Morgan fingerprint density at radius 2 is 2.11 bits per heavy atom. The lowest BCUT2D eigenvalue weighted by Gasteiger charge is -2.23. The first-order valence-corrected chi connectivity index (χ1v) is 6.05. The molecule has 0 aliphatic rings. The number of nitrogens with zero attached hydrogens (tertiary/aromatic N) is 2. The SMILES string of the molecule is CC(C)(C)c1ccc(OCCO)c(N(N)/C=N\N)c1. The van der Waals surface area contributed by atoms with E-state index < -0.39 is 0 Å². The van der Waals surface area contributed by atoms with E-state index in [0.717, 1.165) is 5.56 Å². The number of anilines is 1. The summed E-state index contributed by atoms with van der Waals surface area (Å²) < 4.78 is 5.45. The van der Waals surface area contributed by atoms with E-state index in [-0.39, 0.29) is 18.6 Å². The van der Waals surface area contributed by atoms with Crippen LogP contribution in [0.4, 0.5) is 5.69 Å². The average Bonchev–Trinajstić information content (AvgIpc) is 2.35. The Labute approximate surface area is 113 Å². The summed E-state index contributed by atoms with van der Waals surface area (Å²) in [6, 6.07) is 5.73. The number of hydrogen-bond donors (Lipinski definition) is 3. The highest BCUT2D eigenvalue weighted by Gasteiger charge is 2.17. The van der Waals surface area contributed by atoms with Crippen LogP contribution in [0, 0.1) is 0 Å². The predicted molar refractivity (Wildman–Crippen MR) is 77.1 cm³/mol. The van der Waals surface area contributed by atoms with Gasteiger partial charge in [-0.2, -0.15) is 5.10 Å². The highest BCUT2D eigenvalue weighted by Crippen LogP contribution is 2.32. The van der Waals surface area contributed by atoms with Gasteiger partial charge in [0.1, 0.15) is 24.4 Å². The van der Waals surface area contributed by atoms with E-state index in [1.54, 1.807) is 0 Å². The zero-order valence-electron chi connectivity index (χ0n) is 11.6. The number of hydrazine groups is 1. The molecule has 5 N–H and O–H groups in total. The van der Waals surface area contributed by atoms with Crippen molar-refractivity contribution in [1.82, 2.24) is 0 Å². The van der Waals surface area contributed by atoms with E-state index >= 15 is 0 Å². The molecule has 1 aromatic rings. The summed E-state index contributed by atoms with van der Waals surface area (Å²) in [6.45, 7) is 6.47. The minimum absolute atomic E-state index is 0.00897. The molecular weight excluding hydrogens is 244 g/mol. The average molecular weight is 266 g/mol. The van der Waals surface area contributed by atoms with Gasteiger partial charge in [0, 0.05) is 0 Å². The molecule has 19 heavy (non-hydrogen) atoms. The number of nitrogens with two attached hydrogens (primary N) is 2. The summed E-state index contributed by atoms with van der Waals surface area (Å²) in [5.41, 5.74) is 1.75. The van der Waals surface area contributed by atoms with Gasteiger partial charge in [-0.3, -0.25) is 5.01 Å². The molecule has 1 aromatic carbocycles. The number of aliphatic hydroxyl groups excluding tert-OH is 1. The lowest BCUT2D eigenvalue weighted by atomic mass is 9.87. The third-order valence-electron chi connectivity index (χ3n) is 2.64. The van der Waals surface area contributed by atoms with E-state index in [1.165, 1.54) is 11.3 Å². The van der Waals surface area contributed by atoms with Crippen LogP contribution in [0.1, 0.15) is 26.3 Å². The lowest BCUT2D eigenvalue weighted by molar-refractivity contribution is 0.201. The molecule has 0 spiro atoms. The van der Waals surface area contributed by atoms with E-state index in [1.807, 2.05) is 18.2 Å². The Hall–Kier alpha value is -1.79. The van der Waals surface area contributed by atoms with Crippen molar-refractivity contribution in [1.29, 1.82) is 0 Å². The van der Waals surface area contributed by atoms with Crippen LogP contribution in [0.2, 0.25) is 0 Å². The smallest absolute Gasteiger partial charge is 0.144 e. The molecule has 0 fully saturated rings. The van der Waals surface area contributed by atoms with E-state index in [4.69, 9.17) is 21.5 Å². The minimum atomic E-state index is -0.0595. The van der Waals surface area contributed by atoms with Gasteiger partial charge in [-0.25, -0.2) is 5.84 Å². The normalized spacial score (nSPS) is 11.8. The van der Waals surface area contributed by atoms with E-state index in [9.17, 15) is 0 Å². The third-order valence-corrected chi connectivity index (χ3v) is 2.64. The first-order valence-electron chi connectivity index (χ1n) is 6.05. The second-order valence-electron chi connectivity index (χ2n) is 5.18. The second kappa shape index (κ2) is 6.40. The maximum atomic E-state index is 8.83. The van der Waals surface area contributed by atoms with Crippen LogP contribution < -0.4 is 21.4 Å². The summed E-state index contributed by atoms with van der Waals surface area (Å²) in [7, 11) is 0. The molecule has 0 aromatic heterocycles. The number of hydrazone groups is 1. The number of rotatable bonds is 5. The fourth-order valence-corrected chi connectivity index (χ4v) is 1.60. The van der Waals surface area contributed by atoms with Crippen molar-refractivity contribution in [2.45, 2.75) is 26.2 Å². The Balaban J connectivity index is 3.18. The molecule has 0 saturated heterocycles. The summed E-state index contributed by atoms with van der Waals surface area (Å²) in [5.74, 6) is 11.5. The molecule has 0 heterocycles. The number of aliphatic hydroxyl groups is 1. The van der Waals surface area contributed by atoms with Gasteiger partial charge in [0.25, 0.3) is 0 Å². The predicted octanol–water partition coefficient (Wildman–Crippen LogP) is 0.937. The molecule has 0 bridgehead atoms. The summed E-state index contributed by atoms with van der Waals surface area (Å²) >= 11 is 0. The largest absolute Gasteiger partial charge is 0.489 e. The van der Waals surface area contributed by atoms with Crippen molar-refractivity contribution in [3.63, 3.8) is 0 Å². The van der Waals surface area contributed by atoms with Crippen molar-refractivity contribution in [3.05, 3.63) is 23.8 Å². The van der Waals surface area contributed by atoms with Crippen LogP contribution >= 0.6 is 0 Å². The fourth-order valence-electron chi connectivity index (χ4n) is 1.60. The number of hydrogen-bond acceptors (Lipinski definition) is 5. The quantitative estimate of drug-likeness (QED) is 0.319. The molecule has 6 nitrogen and oxygen atoms in total. The van der Waals surface area contributed by atoms with Crippen molar-refractivity contribution < 1.29 is 9.84 Å². The third kappa shape index (κ3) is 4.11. The first-order chi connectivity index (χ1) is 8.90. The second-order valence-corrected chi connectivity index (χ2v) is 5.18. The molecule has 6 heteroatoms. The minimum Gasteiger partial charge on any atom is -0.489 e. The fraction of sp³-hybridized carbons (Fsp3) is 0.462. The van der Waals surface area contributed by atoms with Crippen molar-refractivity contribution in [2.24, 2.45) is 16.8 Å². The lowest BCUT2D eigenvalue weighted by Crippen LogP contribution is -2.30. The van der Waals surface area contributed by atoms with Gasteiger partial charge in [-0.15, -0.1) is 0 Å². The van der Waals surface area contributed by atoms with Gasteiger partial charge in [-0.05, 0) is 23.1 Å². The molecule has 0 saturated carbocycles. The highest BCUT2D eigenvalue weighted by atomic mass is 16.5. The van der Waals surface area contributed by atoms with Gasteiger partial charge < -0.3 is 15.7 Å². The number of ether oxygens (including phenoxy) is 1. The van der Waals surface area contributed by atoms with Gasteiger partial charge in [-0.1, -0.05) is 26.8 Å². The number of benzene rings is 1. The molecule has 1 rings (SSSR count). The van der Waals surface area contributed by atoms with Crippen LogP contribution in [0.25, 0.3) is 0 Å². The van der Waals surface area contributed by atoms with Crippen LogP contribution in [-0.2, 0) is 5.41 Å². The molecule has 0 amide bonds. The van der Waals surface area contributed by atoms with Crippen molar-refractivity contribution in [2.75, 3.05) is 18.2 Å². The van der Waals surface area contributed by atoms with Crippen molar-refractivity contribution >= 4 is 12.0 Å². The molecule has 0 radical (unpaired) electrons. The van der Waals surface area contributed by atoms with Crippen LogP contribution in [0.15, 0.2) is 23.3 Å². The summed E-state index contributed by atoms with van der Waals surface area (Å²) in [6.07, 6.45) is 1.30. The monoisotopic (exact) mass is 266 g/mol. The van der Waals surface area contributed by atoms with Crippen LogP contribution in [-0.4, -0.2) is 24.7 Å². The topological polar surface area (TPSA) is 97.1 Å². The molecular formula is C13H22N4O2. The summed E-state index contributed by atoms with van der Waals surface area (Å²) in [4.78, 5) is 0. The Bertz CT molecular complexity index is 441. The Morgan fingerprint density at radius 3 is 2.63 bits per heavy atom. The highest BCUT2D eigenvalue weighted by molar-refractivity contribution is 5.80. The summed E-state index contributed by atoms with van der Waals surface area (Å²) in [5, 5.41) is 13.5. The van der Waals surface area contributed by atoms with Gasteiger partial charge in [0.05, 0.1) is 6.61 Å². The van der Waals surface area contributed by atoms with Crippen LogP contribution in [0.5, 0.6) is 5.75 Å². The zero-order valence-corrected chi connectivity index (χ0v) is 11.6. The van der Waals surface area contributed by atoms with E-state index in [2.05, 4.69) is 25.9 Å². The molecule has 106 valence electrons. The molecule has 0 aliphatic heterocycles. The van der Waals surface area contributed by atoms with E-state index in [0.29, 0.717) is 11.4 Å². The molecule has 0 unspecified atom stereocenters. The standard InChI is InChI=1S/C13H22N4O2/c1-13(2,3)10-4-5-12(19-7-6-18)11(8-10)17(15)9-16-14/h4-5,8-9,18H,6-7,14-15H2,1-3H3/b16-9-. The van der Waals surface area contributed by atoms with Gasteiger partial charge in [0.15, 0.2) is 0 Å². The Kier molecular flexibility index (Phi) is 5.14.